The predicted molar refractivity (Wildman–Crippen MR) is 170 cm³/mol. The van der Waals surface area contributed by atoms with Gasteiger partial charge in [-0.2, -0.15) is 0 Å². The van der Waals surface area contributed by atoms with Crippen molar-refractivity contribution in [1.82, 2.24) is 9.80 Å². The molecule has 5 rings (SSSR count). The number of nitrogens with zero attached hydrogens (tertiary/aromatic N) is 2. The first-order chi connectivity index (χ1) is 21.5. The fraction of sp³-hybridized carbons (Fsp3) is 0.257. The summed E-state index contributed by atoms with van der Waals surface area (Å²) >= 11 is 0. The van der Waals surface area contributed by atoms with Crippen LogP contribution in [-0.4, -0.2) is 70.4 Å². The van der Waals surface area contributed by atoms with E-state index in [-0.39, 0.29) is 39.9 Å². The summed E-state index contributed by atoms with van der Waals surface area (Å²) in [6.07, 6.45) is 0.243. The fourth-order valence-corrected chi connectivity index (χ4v) is 7.00. The van der Waals surface area contributed by atoms with Crippen molar-refractivity contribution < 1.29 is 31.9 Å². The minimum atomic E-state index is -3.87. The molecule has 10 heteroatoms. The maximum Gasteiger partial charge on any atom is 0.257 e. The lowest BCUT2D eigenvalue weighted by Crippen LogP contribution is -2.32. The molecular weight excluding hydrogens is 595 g/mol. The summed E-state index contributed by atoms with van der Waals surface area (Å²) in [5.41, 5.74) is 2.99. The first kappa shape index (κ1) is 31.7. The van der Waals surface area contributed by atoms with E-state index >= 15 is 0 Å². The Kier molecular flexibility index (Phi) is 9.24. The van der Waals surface area contributed by atoms with Crippen LogP contribution in [0.4, 0.5) is 4.39 Å². The predicted octanol–water partition coefficient (Wildman–Crippen LogP) is 5.78. The molecule has 0 unspecified atom stereocenters. The van der Waals surface area contributed by atoms with E-state index in [1.807, 2.05) is 6.07 Å². The van der Waals surface area contributed by atoms with Crippen molar-refractivity contribution in [1.29, 1.82) is 0 Å². The largest absolute Gasteiger partial charge is 0.495 e. The Labute approximate surface area is 262 Å². The monoisotopic (exact) mass is 630 g/mol. The van der Waals surface area contributed by atoms with Gasteiger partial charge >= 0.3 is 0 Å². The summed E-state index contributed by atoms with van der Waals surface area (Å²) in [6, 6.07) is 23.4. The summed E-state index contributed by atoms with van der Waals surface area (Å²) in [7, 11) is 0.889. The molecule has 1 aliphatic rings. The zero-order chi connectivity index (χ0) is 32.3. The molecule has 1 saturated heterocycles. The highest BCUT2D eigenvalue weighted by Gasteiger charge is 2.30. The van der Waals surface area contributed by atoms with Crippen LogP contribution in [0, 0.1) is 12.7 Å². The molecule has 0 spiro atoms. The lowest BCUT2D eigenvalue weighted by molar-refractivity contribution is 0.0766. The summed E-state index contributed by atoms with van der Waals surface area (Å²) in [5.74, 6) is -0.681. The molecule has 1 atom stereocenters. The van der Waals surface area contributed by atoms with Crippen LogP contribution in [0.5, 0.6) is 11.5 Å². The summed E-state index contributed by atoms with van der Waals surface area (Å²) < 4.78 is 53.4. The minimum absolute atomic E-state index is 0.0338. The average Bonchev–Trinajstić information content (AvgIpc) is 3.48. The zero-order valence-corrected chi connectivity index (χ0v) is 26.4. The van der Waals surface area contributed by atoms with Gasteiger partial charge in [0.1, 0.15) is 28.3 Å². The third-order valence-electron chi connectivity index (χ3n) is 7.77. The van der Waals surface area contributed by atoms with Crippen molar-refractivity contribution in [2.24, 2.45) is 0 Å². The number of rotatable bonds is 9. The molecule has 0 radical (unpaired) electrons. The molecular formula is C35H35FN2O6S. The van der Waals surface area contributed by atoms with Gasteiger partial charge in [-0.3, -0.25) is 9.59 Å². The number of likely N-dealkylation sites (tertiary alicyclic amines) is 1. The third-order valence-corrected chi connectivity index (χ3v) is 9.48. The van der Waals surface area contributed by atoms with Crippen LogP contribution in [0.3, 0.4) is 0 Å². The van der Waals surface area contributed by atoms with Crippen LogP contribution in [0.25, 0.3) is 11.1 Å². The third kappa shape index (κ3) is 7.01. The number of carbonyl (C=O) groups excluding carboxylic acids is 2. The van der Waals surface area contributed by atoms with E-state index in [9.17, 15) is 22.4 Å². The molecule has 0 N–H and O–H groups in total. The second-order valence-corrected chi connectivity index (χ2v) is 13.2. The second kappa shape index (κ2) is 13.1. The first-order valence-electron chi connectivity index (χ1n) is 14.5. The lowest BCUT2D eigenvalue weighted by atomic mass is 10.0. The fourth-order valence-electron chi connectivity index (χ4n) is 5.46. The van der Waals surface area contributed by atoms with Gasteiger partial charge in [0.2, 0.25) is 0 Å². The minimum Gasteiger partial charge on any atom is -0.495 e. The summed E-state index contributed by atoms with van der Waals surface area (Å²) in [4.78, 5) is 28.6. The Hall–Kier alpha value is -4.70. The molecule has 1 heterocycles. The maximum absolute atomic E-state index is 14.4. The average molecular weight is 631 g/mol. The van der Waals surface area contributed by atoms with Gasteiger partial charge in [0.15, 0.2) is 9.84 Å². The summed E-state index contributed by atoms with van der Waals surface area (Å²) in [6.45, 7) is 2.42. The number of sulfone groups is 1. The van der Waals surface area contributed by atoms with Crippen LogP contribution in [0.2, 0.25) is 0 Å². The highest BCUT2D eigenvalue weighted by Crippen LogP contribution is 2.33. The number of hydrogen-bond donors (Lipinski definition) is 0. The molecule has 0 bridgehead atoms. The van der Waals surface area contributed by atoms with Gasteiger partial charge < -0.3 is 19.3 Å². The number of ether oxygens (including phenoxy) is 2. The Morgan fingerprint density at radius 3 is 2.42 bits per heavy atom. The Morgan fingerprint density at radius 1 is 0.956 bits per heavy atom. The van der Waals surface area contributed by atoms with Crippen molar-refractivity contribution in [3.63, 3.8) is 0 Å². The van der Waals surface area contributed by atoms with E-state index in [1.165, 1.54) is 18.1 Å². The van der Waals surface area contributed by atoms with Gasteiger partial charge in [0.05, 0.1) is 25.0 Å². The summed E-state index contributed by atoms with van der Waals surface area (Å²) in [5, 5.41) is 0. The van der Waals surface area contributed by atoms with Crippen LogP contribution in [0.15, 0.2) is 89.8 Å². The molecule has 4 aromatic carbocycles. The molecule has 1 fully saturated rings. The first-order valence-corrected chi connectivity index (χ1v) is 16.1. The topological polar surface area (TPSA) is 93.2 Å². The Morgan fingerprint density at radius 2 is 1.69 bits per heavy atom. The molecule has 2 amide bonds. The van der Waals surface area contributed by atoms with Crippen LogP contribution >= 0.6 is 0 Å². The molecule has 4 aromatic rings. The smallest absolute Gasteiger partial charge is 0.257 e. The van der Waals surface area contributed by atoms with Crippen molar-refractivity contribution in [3.8, 4) is 22.6 Å². The molecule has 0 saturated carbocycles. The van der Waals surface area contributed by atoms with Gasteiger partial charge in [-0.15, -0.1) is 0 Å². The van der Waals surface area contributed by atoms with Crippen molar-refractivity contribution in [2.45, 2.75) is 30.1 Å². The molecule has 8 nitrogen and oxygen atoms in total. The van der Waals surface area contributed by atoms with Gasteiger partial charge in [-0.25, -0.2) is 12.8 Å². The normalized spacial score (nSPS) is 14.7. The van der Waals surface area contributed by atoms with E-state index in [2.05, 4.69) is 0 Å². The number of amides is 2. The number of hydrogen-bond acceptors (Lipinski definition) is 6. The molecule has 1 aliphatic heterocycles. The Bertz CT molecular complexity index is 1840. The standard InChI is InChI=1S/C35H35FN2O6S/c1-23-8-5-13-30(36)33(23)35(40)38-17-16-29(21-38)44-28-12-6-9-24(18-28)22-45(41,42)32-20-26(14-15-31(32)43-4)25-10-7-11-27(19-25)34(39)37(2)3/h5-15,18-20,29H,16-17,21-22H2,1-4H3/t29-/m0/s1. The van der Waals surface area contributed by atoms with Crippen LogP contribution < -0.4 is 9.47 Å². The SMILES string of the molecule is COc1ccc(-c2cccc(C(=O)N(C)C)c2)cc1S(=O)(=O)Cc1cccc(O[C@H]2CCN(C(=O)c3c(C)cccc3F)C2)c1. The van der Waals surface area contributed by atoms with Gasteiger partial charge in [0.25, 0.3) is 11.8 Å². The quantitative estimate of drug-likeness (QED) is 0.233. The van der Waals surface area contributed by atoms with Crippen molar-refractivity contribution >= 4 is 21.7 Å². The number of benzene rings is 4. The van der Waals surface area contributed by atoms with Gasteiger partial charge in [0, 0.05) is 32.6 Å². The maximum atomic E-state index is 14.4. The van der Waals surface area contributed by atoms with Gasteiger partial charge in [-0.05, 0) is 71.6 Å². The van der Waals surface area contributed by atoms with E-state index in [0.717, 1.165) is 0 Å². The number of carbonyl (C=O) groups is 2. The van der Waals surface area contributed by atoms with E-state index in [4.69, 9.17) is 9.47 Å². The second-order valence-electron chi connectivity index (χ2n) is 11.3. The van der Waals surface area contributed by atoms with E-state index < -0.39 is 15.7 Å². The zero-order valence-electron chi connectivity index (χ0n) is 25.6. The van der Waals surface area contributed by atoms with E-state index in [0.29, 0.717) is 53.1 Å². The number of methoxy groups -OCH3 is 1. The number of halogens is 1. The van der Waals surface area contributed by atoms with Crippen molar-refractivity contribution in [2.75, 3.05) is 34.3 Å². The van der Waals surface area contributed by atoms with E-state index in [1.54, 1.807) is 98.7 Å². The van der Waals surface area contributed by atoms with Gasteiger partial charge in [-0.1, -0.05) is 42.5 Å². The van der Waals surface area contributed by atoms with Crippen molar-refractivity contribution in [3.05, 3.63) is 113 Å². The molecule has 0 aliphatic carbocycles. The highest BCUT2D eigenvalue weighted by molar-refractivity contribution is 7.90. The Balaban J connectivity index is 1.32. The number of aryl methyl sites for hydroxylation is 1. The molecule has 45 heavy (non-hydrogen) atoms. The highest BCUT2D eigenvalue weighted by atomic mass is 32.2. The van der Waals surface area contributed by atoms with Crippen LogP contribution in [0.1, 0.15) is 38.3 Å². The molecule has 234 valence electrons. The lowest BCUT2D eigenvalue weighted by Gasteiger charge is -2.19. The van der Waals surface area contributed by atoms with Crippen LogP contribution in [-0.2, 0) is 15.6 Å². The molecule has 0 aromatic heterocycles.